The first-order valence-electron chi connectivity index (χ1n) is 23.4. The number of nitro benzene ring substituents is 2. The predicted octanol–water partition coefficient (Wildman–Crippen LogP) is 9.15. The Balaban J connectivity index is 0.000000220. The third kappa shape index (κ3) is 11.1. The predicted molar refractivity (Wildman–Crippen MR) is 268 cm³/mol. The molecule has 0 bridgehead atoms. The van der Waals surface area contributed by atoms with Gasteiger partial charge in [0.2, 0.25) is 0 Å². The zero-order valence-corrected chi connectivity index (χ0v) is 41.0. The second-order valence-corrected chi connectivity index (χ2v) is 18.9. The van der Waals surface area contributed by atoms with Crippen molar-refractivity contribution in [3.8, 4) is 0 Å². The van der Waals surface area contributed by atoms with E-state index in [9.17, 15) is 39.4 Å². The van der Waals surface area contributed by atoms with Gasteiger partial charge in [0.1, 0.15) is 11.6 Å². The molecule has 2 heterocycles. The smallest absolute Gasteiger partial charge is 0.338 e. The highest BCUT2D eigenvalue weighted by molar-refractivity contribution is 6.07. The first kappa shape index (κ1) is 52.5. The number of nitrogens with two attached hydrogens (primary N) is 2. The largest absolute Gasteiger partial charge is 0.463 e. The number of nitrogens with zero attached hydrogens (tertiary/aromatic N) is 4. The summed E-state index contributed by atoms with van der Waals surface area (Å²) in [5.41, 5.74) is 17.3. The van der Waals surface area contributed by atoms with Gasteiger partial charge in [-0.25, -0.2) is 9.59 Å². The molecule has 0 fully saturated rings. The number of carbonyl (C=O) groups is 4. The molecule has 0 aromatic heterocycles. The van der Waals surface area contributed by atoms with Crippen molar-refractivity contribution < 1.29 is 43.6 Å². The number of hydrogen-bond acceptors (Lipinski definition) is 15. The van der Waals surface area contributed by atoms with E-state index in [1.807, 2.05) is 88.4 Å². The van der Waals surface area contributed by atoms with Crippen molar-refractivity contribution >= 4 is 46.3 Å². The Morgan fingerprint density at radius 1 is 0.606 bits per heavy atom. The molecule has 372 valence electrons. The van der Waals surface area contributed by atoms with E-state index in [0.717, 1.165) is 11.1 Å². The number of non-ortho nitro benzene ring substituents is 2. The van der Waals surface area contributed by atoms with E-state index in [1.165, 1.54) is 24.3 Å². The second kappa shape index (κ2) is 21.8. The maximum absolute atomic E-state index is 13.6. The van der Waals surface area contributed by atoms with Gasteiger partial charge in [-0.2, -0.15) is 0 Å². The first-order valence-corrected chi connectivity index (χ1v) is 23.4. The Morgan fingerprint density at radius 2 is 0.944 bits per heavy atom. The third-order valence-corrected chi connectivity index (χ3v) is 12.4. The van der Waals surface area contributed by atoms with Crippen molar-refractivity contribution in [2.45, 2.75) is 86.0 Å². The summed E-state index contributed by atoms with van der Waals surface area (Å²) in [6.07, 6.45) is 1.65. The Labute approximate surface area is 412 Å². The molecule has 2 aliphatic carbocycles. The average molecular weight is 969 g/mol. The number of Topliss-reactive ketones (excluding diaryl/α,β-unsaturated/α-hetero) is 2. The SMILES string of the molecule is CCO.CCOC(=O)C1=C(N)N(c2cccc([N+](=O)[O-])c2)C2=C(C(=O)CC(C)(C)C2)C1c1ccccc1.CCOC(=O)C1=C(N)N(c2cccc([N+](=O)[O-])c2)C2=C(C(=O)CC(C)(C)C2)C1c1ccccc1. The minimum atomic E-state index is -0.686. The highest BCUT2D eigenvalue weighted by Crippen LogP contribution is 2.52. The second-order valence-electron chi connectivity index (χ2n) is 18.9. The lowest BCUT2D eigenvalue weighted by atomic mass is 9.68. The quantitative estimate of drug-likeness (QED) is 0.0761. The average Bonchev–Trinajstić information content (AvgIpc) is 3.31. The van der Waals surface area contributed by atoms with E-state index in [-0.39, 0.29) is 76.4 Å². The van der Waals surface area contributed by atoms with Crippen LogP contribution in [-0.4, -0.2) is 58.3 Å². The minimum absolute atomic E-state index is 0.0789. The van der Waals surface area contributed by atoms with Gasteiger partial charge >= 0.3 is 11.9 Å². The lowest BCUT2D eigenvalue weighted by Gasteiger charge is -2.44. The molecule has 0 saturated heterocycles. The van der Waals surface area contributed by atoms with Crippen LogP contribution in [0, 0.1) is 31.1 Å². The zero-order chi connectivity index (χ0) is 51.9. The van der Waals surface area contributed by atoms with E-state index in [4.69, 9.17) is 26.0 Å². The van der Waals surface area contributed by atoms with E-state index in [1.54, 1.807) is 54.8 Å². The van der Waals surface area contributed by atoms with E-state index >= 15 is 0 Å². The Bertz CT molecular complexity index is 2670. The minimum Gasteiger partial charge on any atom is -0.463 e. The number of ketones is 2. The molecule has 17 nitrogen and oxygen atoms in total. The zero-order valence-electron chi connectivity index (χ0n) is 41.0. The number of anilines is 2. The molecule has 4 aromatic carbocycles. The molecule has 0 saturated carbocycles. The van der Waals surface area contributed by atoms with Crippen LogP contribution in [0.1, 0.15) is 97.1 Å². The van der Waals surface area contributed by atoms with E-state index in [0.29, 0.717) is 59.6 Å². The van der Waals surface area contributed by atoms with Crippen LogP contribution in [0.3, 0.4) is 0 Å². The highest BCUT2D eigenvalue weighted by Gasteiger charge is 2.48. The summed E-state index contributed by atoms with van der Waals surface area (Å²) in [6.45, 7) is 13.6. The summed E-state index contributed by atoms with van der Waals surface area (Å²) in [5, 5.41) is 30.5. The number of esters is 2. The number of aliphatic hydroxyl groups excluding tert-OH is 1. The molecule has 5 N–H and O–H groups in total. The number of benzene rings is 4. The third-order valence-electron chi connectivity index (χ3n) is 12.4. The molecule has 4 aromatic rings. The Kier molecular flexibility index (Phi) is 16.1. The van der Waals surface area contributed by atoms with E-state index in [2.05, 4.69) is 0 Å². The van der Waals surface area contributed by atoms with Gasteiger partial charge in [0, 0.05) is 66.3 Å². The normalized spacial score (nSPS) is 19.1. The van der Waals surface area contributed by atoms with Gasteiger partial charge < -0.3 is 26.0 Å². The molecule has 4 aliphatic rings. The number of hydrogen-bond donors (Lipinski definition) is 3. The number of carbonyl (C=O) groups excluding carboxylic acids is 4. The maximum atomic E-state index is 13.6. The van der Waals surface area contributed by atoms with Gasteiger partial charge in [-0.15, -0.1) is 0 Å². The van der Waals surface area contributed by atoms with Crippen LogP contribution in [0.15, 0.2) is 155 Å². The molecular weight excluding hydrogens is 909 g/mol. The molecule has 0 amide bonds. The summed E-state index contributed by atoms with van der Waals surface area (Å²) in [7, 11) is 0. The fourth-order valence-electron chi connectivity index (χ4n) is 9.68. The molecule has 17 heteroatoms. The van der Waals surface area contributed by atoms with Crippen molar-refractivity contribution in [2.24, 2.45) is 22.3 Å². The fraction of sp³-hybridized carbons (Fsp3) is 0.333. The van der Waals surface area contributed by atoms with Gasteiger partial charge in [-0.1, -0.05) is 100 Å². The van der Waals surface area contributed by atoms with Crippen LogP contribution in [0.4, 0.5) is 22.7 Å². The highest BCUT2D eigenvalue weighted by atomic mass is 16.6. The van der Waals surface area contributed by atoms with Gasteiger partial charge in [0.15, 0.2) is 11.6 Å². The topological polar surface area (TPSA) is 252 Å². The lowest BCUT2D eigenvalue weighted by Crippen LogP contribution is -2.43. The van der Waals surface area contributed by atoms with Crippen molar-refractivity contribution in [1.29, 1.82) is 0 Å². The van der Waals surface area contributed by atoms with Gasteiger partial charge in [-0.05, 0) is 67.7 Å². The Hall–Kier alpha value is -7.92. The molecule has 8 rings (SSSR count). The lowest BCUT2D eigenvalue weighted by molar-refractivity contribution is -0.385. The summed E-state index contributed by atoms with van der Waals surface area (Å²) in [4.78, 5) is 78.8. The number of allylic oxidation sites excluding steroid dienone is 4. The molecule has 0 spiro atoms. The number of rotatable bonds is 10. The van der Waals surface area contributed by atoms with Crippen molar-refractivity contribution in [3.05, 3.63) is 186 Å². The summed E-state index contributed by atoms with van der Waals surface area (Å²) >= 11 is 0. The Morgan fingerprint density at radius 3 is 1.25 bits per heavy atom. The van der Waals surface area contributed by atoms with Crippen LogP contribution in [0.25, 0.3) is 0 Å². The molecule has 2 unspecified atom stereocenters. The van der Waals surface area contributed by atoms with Crippen LogP contribution >= 0.6 is 0 Å². The number of ether oxygens (including phenoxy) is 2. The van der Waals surface area contributed by atoms with Gasteiger partial charge in [-0.3, -0.25) is 39.6 Å². The van der Waals surface area contributed by atoms with Crippen molar-refractivity contribution in [3.63, 3.8) is 0 Å². The molecular formula is C54H60N6O11. The number of aliphatic hydroxyl groups is 1. The van der Waals surface area contributed by atoms with Crippen LogP contribution in [-0.2, 0) is 28.7 Å². The summed E-state index contributed by atoms with van der Waals surface area (Å²) in [6, 6.07) is 30.6. The van der Waals surface area contributed by atoms with Crippen LogP contribution < -0.4 is 21.3 Å². The van der Waals surface area contributed by atoms with Gasteiger partial charge in [0.05, 0.1) is 57.4 Å². The number of nitro groups is 2. The molecule has 0 radical (unpaired) electrons. The summed E-state index contributed by atoms with van der Waals surface area (Å²) < 4.78 is 10.7. The fourth-order valence-corrected chi connectivity index (χ4v) is 9.68. The van der Waals surface area contributed by atoms with E-state index < -0.39 is 33.6 Å². The standard InChI is InChI=1S/2C26H27N3O5.C2H6O/c2*1-4-34-25(31)23-21(16-9-6-5-7-10-16)22-19(14-26(2,3)15-20(22)30)28(24(23)27)17-11-8-12-18(13-17)29(32)33;1-2-3/h2*5-13,21H,4,14-15,27H2,1-3H3;3H,2H2,1H3. The molecule has 2 aliphatic heterocycles. The molecule has 2 atom stereocenters. The maximum Gasteiger partial charge on any atom is 0.338 e. The van der Waals surface area contributed by atoms with Crippen molar-refractivity contribution in [2.75, 3.05) is 29.6 Å². The van der Waals surface area contributed by atoms with Crippen LogP contribution in [0.5, 0.6) is 0 Å². The van der Waals surface area contributed by atoms with Crippen LogP contribution in [0.2, 0.25) is 0 Å². The molecule has 71 heavy (non-hydrogen) atoms. The first-order chi connectivity index (χ1) is 33.7. The van der Waals surface area contributed by atoms with Gasteiger partial charge in [0.25, 0.3) is 11.4 Å². The van der Waals surface area contributed by atoms with Crippen molar-refractivity contribution in [1.82, 2.24) is 0 Å². The monoisotopic (exact) mass is 968 g/mol. The summed E-state index contributed by atoms with van der Waals surface area (Å²) in [5.74, 6) is -2.55.